The summed E-state index contributed by atoms with van der Waals surface area (Å²) in [5.41, 5.74) is 8.19. The van der Waals surface area contributed by atoms with E-state index < -0.39 is 0 Å². The second kappa shape index (κ2) is 11.4. The molecule has 0 saturated heterocycles. The van der Waals surface area contributed by atoms with E-state index in [1.165, 1.54) is 33.3 Å². The van der Waals surface area contributed by atoms with Crippen molar-refractivity contribution in [1.29, 1.82) is 0 Å². The van der Waals surface area contributed by atoms with Crippen molar-refractivity contribution in [2.45, 2.75) is 70.6 Å². The third-order valence-electron chi connectivity index (χ3n) is 12.9. The molecule has 6 aromatic rings. The highest BCUT2D eigenvalue weighted by atomic mass is 16.3. The molecule has 2 aromatic heterocycles. The summed E-state index contributed by atoms with van der Waals surface area (Å²) < 4.78 is 6.86. The summed E-state index contributed by atoms with van der Waals surface area (Å²) >= 11 is 0. The van der Waals surface area contributed by atoms with E-state index in [9.17, 15) is 0 Å². The zero-order valence-electron chi connectivity index (χ0n) is 29.8. The molecule has 0 radical (unpaired) electrons. The van der Waals surface area contributed by atoms with E-state index in [1.54, 1.807) is 0 Å². The van der Waals surface area contributed by atoms with Crippen molar-refractivity contribution in [2.75, 3.05) is 21.7 Å². The van der Waals surface area contributed by atoms with Crippen LogP contribution in [-0.4, -0.2) is 34.2 Å². The Kier molecular flexibility index (Phi) is 6.80. The van der Waals surface area contributed by atoms with E-state index in [0.717, 1.165) is 54.2 Å². The maximum atomic E-state index is 6.86. The fourth-order valence-electron chi connectivity index (χ4n) is 10.5. The molecule has 6 atom stereocenters. The summed E-state index contributed by atoms with van der Waals surface area (Å²) in [4.78, 5) is 20.1. The molecule has 0 fully saturated rings. The molecule has 0 saturated carbocycles. The van der Waals surface area contributed by atoms with Gasteiger partial charge in [0.25, 0.3) is 0 Å². The van der Waals surface area contributed by atoms with Crippen LogP contribution in [0.2, 0.25) is 0 Å². The van der Waals surface area contributed by atoms with Crippen LogP contribution in [0.4, 0.5) is 28.7 Å². The van der Waals surface area contributed by atoms with Gasteiger partial charge >= 0.3 is 0 Å². The van der Waals surface area contributed by atoms with E-state index in [4.69, 9.17) is 14.4 Å². The van der Waals surface area contributed by atoms with Crippen LogP contribution in [0, 0.1) is 11.3 Å². The normalized spacial score (nSPS) is 26.5. The number of anilines is 5. The van der Waals surface area contributed by atoms with Crippen molar-refractivity contribution in [2.24, 2.45) is 11.3 Å². The third-order valence-corrected chi connectivity index (χ3v) is 12.9. The number of rotatable bonds is 4. The van der Waals surface area contributed by atoms with Gasteiger partial charge in [0, 0.05) is 59.4 Å². The number of aromatic nitrogens is 2. The highest BCUT2D eigenvalue weighted by Gasteiger charge is 2.59. The largest absolute Gasteiger partial charge is 0.454 e. The Balaban J connectivity index is 1.26. The average molecular weight is 673 g/mol. The van der Waals surface area contributed by atoms with Gasteiger partial charge in [-0.2, -0.15) is 0 Å². The van der Waals surface area contributed by atoms with E-state index >= 15 is 0 Å². The third kappa shape index (κ3) is 4.18. The van der Waals surface area contributed by atoms with Gasteiger partial charge in [-0.15, -0.1) is 0 Å². The highest BCUT2D eigenvalue weighted by Crippen LogP contribution is 2.64. The summed E-state index contributed by atoms with van der Waals surface area (Å²) in [6, 6.07) is 33.3. The predicted octanol–water partition coefficient (Wildman–Crippen LogP) is 10.7. The lowest BCUT2D eigenvalue weighted by Crippen LogP contribution is -2.54. The van der Waals surface area contributed by atoms with Crippen molar-refractivity contribution >= 4 is 50.6 Å². The number of furan rings is 1. The molecule has 4 aliphatic rings. The quantitative estimate of drug-likeness (QED) is 0.185. The van der Waals surface area contributed by atoms with Crippen LogP contribution in [0.3, 0.4) is 0 Å². The van der Waals surface area contributed by atoms with E-state index in [2.05, 4.69) is 151 Å². The summed E-state index contributed by atoms with van der Waals surface area (Å²) in [6.45, 7) is 7.39. The molecular formula is C44H44N6O. The van der Waals surface area contributed by atoms with Crippen molar-refractivity contribution in [3.8, 4) is 0 Å². The second-order valence-corrected chi connectivity index (χ2v) is 15.1. The lowest BCUT2D eigenvalue weighted by atomic mass is 9.58. The van der Waals surface area contributed by atoms with Crippen LogP contribution in [0.15, 0.2) is 120 Å². The van der Waals surface area contributed by atoms with Crippen LogP contribution in [0.25, 0.3) is 21.9 Å². The molecule has 6 unspecified atom stereocenters. The standard InChI is InChI=1S/C44H44N6O/c1-5-29-30-16-10-12-18-35(30)50-42-41(45-24-25-46-42)49(28-14-8-7-9-15-28)43(50)44(3,6-2)38(29)32-22-23-37-47(4)26-27-48(37)39-33(32)20-21-34-31-17-11-13-19-36(31)51-40(34)39/h7-21,24-27,29,32,37-38,43H,5-6,22-23H2,1-4H3. The molecule has 0 N–H and O–H groups in total. The lowest BCUT2D eigenvalue weighted by Gasteiger charge is -2.51. The monoisotopic (exact) mass is 672 g/mol. The minimum Gasteiger partial charge on any atom is -0.454 e. The topological polar surface area (TPSA) is 51.9 Å². The molecule has 10 rings (SSSR count). The van der Waals surface area contributed by atoms with Gasteiger partial charge in [0.15, 0.2) is 17.2 Å². The van der Waals surface area contributed by atoms with Crippen LogP contribution >= 0.6 is 0 Å². The molecule has 0 spiro atoms. The number of benzene rings is 4. The average Bonchev–Trinajstić information content (AvgIpc) is 3.80. The number of para-hydroxylation sites is 3. The predicted molar refractivity (Wildman–Crippen MR) is 207 cm³/mol. The van der Waals surface area contributed by atoms with Gasteiger partial charge in [-0.1, -0.05) is 87.5 Å². The molecule has 256 valence electrons. The molecule has 7 nitrogen and oxygen atoms in total. The Hall–Kier alpha value is -5.30. The van der Waals surface area contributed by atoms with Gasteiger partial charge in [0.2, 0.25) is 0 Å². The van der Waals surface area contributed by atoms with Gasteiger partial charge in [0.1, 0.15) is 17.9 Å². The summed E-state index contributed by atoms with van der Waals surface area (Å²) in [7, 11) is 2.22. The van der Waals surface area contributed by atoms with Crippen molar-refractivity contribution in [3.05, 3.63) is 127 Å². The molecule has 4 aromatic carbocycles. The second-order valence-electron chi connectivity index (χ2n) is 15.1. The van der Waals surface area contributed by atoms with Crippen molar-refractivity contribution < 1.29 is 4.42 Å². The number of nitrogens with zero attached hydrogens (tertiary/aromatic N) is 6. The summed E-state index contributed by atoms with van der Waals surface area (Å²) in [6.07, 6.45) is 12.6. The van der Waals surface area contributed by atoms with Crippen LogP contribution in [-0.2, 0) is 0 Å². The SMILES string of the molecule is CCC1c2ccccc2N2c3nccnc3N(c3ccccc3)C2C(C)(CC)C1C1CCC2N(C)C=CN2c2c1ccc1c2oc2ccccc21. The maximum Gasteiger partial charge on any atom is 0.178 e. The Morgan fingerprint density at radius 2 is 1.51 bits per heavy atom. The van der Waals surface area contributed by atoms with Gasteiger partial charge in [-0.3, -0.25) is 0 Å². The fraction of sp³-hybridized carbons (Fsp3) is 0.318. The first-order chi connectivity index (χ1) is 25.0. The zero-order chi connectivity index (χ0) is 34.4. The van der Waals surface area contributed by atoms with Crippen molar-refractivity contribution in [3.63, 3.8) is 0 Å². The molecule has 4 aliphatic heterocycles. The van der Waals surface area contributed by atoms with Gasteiger partial charge in [0.05, 0.1) is 5.69 Å². The molecule has 7 heteroatoms. The lowest BCUT2D eigenvalue weighted by molar-refractivity contribution is 0.0865. The highest BCUT2D eigenvalue weighted by molar-refractivity contribution is 6.10. The van der Waals surface area contributed by atoms with Gasteiger partial charge in [-0.25, -0.2) is 9.97 Å². The summed E-state index contributed by atoms with van der Waals surface area (Å²) in [5, 5.41) is 2.36. The van der Waals surface area contributed by atoms with Crippen molar-refractivity contribution in [1.82, 2.24) is 14.9 Å². The first kappa shape index (κ1) is 30.5. The first-order valence-electron chi connectivity index (χ1n) is 18.7. The Bertz CT molecular complexity index is 2320. The Morgan fingerprint density at radius 3 is 2.31 bits per heavy atom. The number of fused-ring (bicyclic) bond motifs is 12. The van der Waals surface area contributed by atoms with Gasteiger partial charge in [-0.05, 0) is 78.8 Å². The minimum atomic E-state index is -0.195. The Labute approximate surface area is 299 Å². The smallest absolute Gasteiger partial charge is 0.178 e. The van der Waals surface area contributed by atoms with Gasteiger partial charge < -0.3 is 24.0 Å². The fourth-order valence-corrected chi connectivity index (χ4v) is 10.5. The molecule has 6 heterocycles. The molecule has 51 heavy (non-hydrogen) atoms. The molecular weight excluding hydrogens is 629 g/mol. The first-order valence-corrected chi connectivity index (χ1v) is 18.7. The Morgan fingerprint density at radius 1 is 0.765 bits per heavy atom. The number of hydrogen-bond acceptors (Lipinski definition) is 7. The van der Waals surface area contributed by atoms with Crippen LogP contribution in [0.1, 0.15) is 69.4 Å². The van der Waals surface area contributed by atoms with Crippen LogP contribution in [0.5, 0.6) is 0 Å². The van der Waals surface area contributed by atoms with Crippen LogP contribution < -0.4 is 14.7 Å². The molecule has 0 bridgehead atoms. The van der Waals surface area contributed by atoms with E-state index in [-0.39, 0.29) is 23.7 Å². The number of hydrogen-bond donors (Lipinski definition) is 0. The summed E-state index contributed by atoms with van der Waals surface area (Å²) in [5.74, 6) is 2.75. The maximum absolute atomic E-state index is 6.86. The van der Waals surface area contributed by atoms with E-state index in [0.29, 0.717) is 11.8 Å². The molecule has 0 amide bonds. The van der Waals surface area contributed by atoms with E-state index in [1.807, 2.05) is 12.4 Å². The minimum absolute atomic E-state index is 0.0333. The molecule has 0 aliphatic carbocycles. The zero-order valence-corrected chi connectivity index (χ0v) is 29.8.